The molecular formula is C26H31ClN2O2. The van der Waals surface area contributed by atoms with Crippen LogP contribution in [0.15, 0.2) is 36.0 Å². The summed E-state index contributed by atoms with van der Waals surface area (Å²) in [5.41, 5.74) is 14.3. The average molecular weight is 439 g/mol. The largest absolute Gasteiger partial charge is 0.466 e. The highest BCUT2D eigenvalue weighted by atomic mass is 35.5. The number of anilines is 1. The first-order chi connectivity index (χ1) is 15.0. The van der Waals surface area contributed by atoms with Crippen LogP contribution in [-0.2, 0) is 22.4 Å². The quantitative estimate of drug-likeness (QED) is 0.584. The van der Waals surface area contributed by atoms with Gasteiger partial charge in [-0.1, -0.05) is 29.7 Å². The third-order valence-electron chi connectivity index (χ3n) is 6.53. The highest BCUT2D eigenvalue weighted by molar-refractivity contribution is 6.30. The van der Waals surface area contributed by atoms with Crippen molar-refractivity contribution in [1.82, 2.24) is 4.98 Å². The molecule has 31 heavy (non-hydrogen) atoms. The number of aromatic nitrogens is 1. The summed E-state index contributed by atoms with van der Waals surface area (Å²) >= 11 is 6.35. The number of halogens is 1. The Morgan fingerprint density at radius 3 is 2.81 bits per heavy atom. The molecule has 0 bridgehead atoms. The molecule has 2 aliphatic rings. The predicted molar refractivity (Wildman–Crippen MR) is 126 cm³/mol. The van der Waals surface area contributed by atoms with E-state index < -0.39 is 0 Å². The van der Waals surface area contributed by atoms with E-state index in [2.05, 4.69) is 18.2 Å². The molecule has 2 aliphatic carbocycles. The molecule has 1 saturated carbocycles. The number of nitrogen functional groups attached to an aromatic ring is 1. The minimum Gasteiger partial charge on any atom is -0.466 e. The number of fused-ring (bicyclic) bond motifs is 2. The molecule has 1 atom stereocenters. The zero-order valence-corrected chi connectivity index (χ0v) is 19.0. The van der Waals surface area contributed by atoms with Crippen LogP contribution in [0.5, 0.6) is 0 Å². The monoisotopic (exact) mass is 438 g/mol. The summed E-state index contributed by atoms with van der Waals surface area (Å²) in [6.45, 7) is 2.32. The second-order valence-corrected chi connectivity index (χ2v) is 9.15. The van der Waals surface area contributed by atoms with E-state index in [1.54, 1.807) is 6.20 Å². The highest BCUT2D eigenvalue weighted by Crippen LogP contribution is 2.40. The van der Waals surface area contributed by atoms with Gasteiger partial charge in [-0.25, -0.2) is 0 Å². The van der Waals surface area contributed by atoms with Gasteiger partial charge in [0.05, 0.1) is 24.2 Å². The summed E-state index contributed by atoms with van der Waals surface area (Å²) < 4.78 is 5.21. The number of carbonyl (C=O) groups is 1. The Hall–Kier alpha value is -2.33. The van der Waals surface area contributed by atoms with Crippen molar-refractivity contribution in [2.45, 2.75) is 64.7 Å². The van der Waals surface area contributed by atoms with Crippen molar-refractivity contribution < 1.29 is 9.53 Å². The zero-order chi connectivity index (χ0) is 21.8. The van der Waals surface area contributed by atoms with Crippen LogP contribution in [0.2, 0.25) is 5.02 Å². The SMILES string of the molecule is CCOC(=O)CC1CCCC/C(=C2\c3ccc(Cl)cc3CCc3cc(N)cnc32)CC1. The number of ether oxygens (including phenoxy) is 1. The number of pyridine rings is 1. The van der Waals surface area contributed by atoms with E-state index >= 15 is 0 Å². The average Bonchev–Trinajstić information content (AvgIpc) is 2.87. The number of benzene rings is 1. The fraction of sp³-hybridized carbons (Fsp3) is 0.462. The third kappa shape index (κ3) is 5.12. The van der Waals surface area contributed by atoms with Gasteiger partial charge < -0.3 is 10.5 Å². The van der Waals surface area contributed by atoms with E-state index in [0.29, 0.717) is 24.6 Å². The van der Waals surface area contributed by atoms with Crippen LogP contribution < -0.4 is 5.73 Å². The first-order valence-corrected chi connectivity index (χ1v) is 11.8. The van der Waals surface area contributed by atoms with Crippen molar-refractivity contribution >= 4 is 28.8 Å². The Morgan fingerprint density at radius 1 is 1.13 bits per heavy atom. The minimum absolute atomic E-state index is 0.0702. The van der Waals surface area contributed by atoms with Crippen LogP contribution in [0.25, 0.3) is 5.57 Å². The topological polar surface area (TPSA) is 65.2 Å². The van der Waals surface area contributed by atoms with Crippen LogP contribution in [-0.4, -0.2) is 17.6 Å². The second kappa shape index (κ2) is 9.86. The van der Waals surface area contributed by atoms with E-state index in [1.807, 2.05) is 13.0 Å². The Balaban J connectivity index is 1.74. The zero-order valence-electron chi connectivity index (χ0n) is 18.3. The van der Waals surface area contributed by atoms with E-state index in [0.717, 1.165) is 62.1 Å². The molecule has 2 N–H and O–H groups in total. The second-order valence-electron chi connectivity index (χ2n) is 8.72. The lowest BCUT2D eigenvalue weighted by atomic mass is 9.82. The molecule has 0 saturated heterocycles. The molecule has 1 heterocycles. The lowest BCUT2D eigenvalue weighted by Gasteiger charge is -2.24. The van der Waals surface area contributed by atoms with Crippen LogP contribution in [0, 0.1) is 5.92 Å². The molecule has 1 aromatic heterocycles. The first-order valence-electron chi connectivity index (χ1n) is 11.5. The maximum absolute atomic E-state index is 12.1. The maximum Gasteiger partial charge on any atom is 0.306 e. The van der Waals surface area contributed by atoms with Gasteiger partial charge in [-0.15, -0.1) is 0 Å². The van der Waals surface area contributed by atoms with Crippen LogP contribution in [0.4, 0.5) is 5.69 Å². The third-order valence-corrected chi connectivity index (χ3v) is 6.77. The van der Waals surface area contributed by atoms with Gasteiger partial charge in [0.2, 0.25) is 0 Å². The summed E-state index contributed by atoms with van der Waals surface area (Å²) in [6.07, 6.45) is 10.5. The van der Waals surface area contributed by atoms with Gasteiger partial charge in [0, 0.05) is 17.0 Å². The van der Waals surface area contributed by atoms with E-state index in [-0.39, 0.29) is 5.97 Å². The lowest BCUT2D eigenvalue weighted by Crippen LogP contribution is -2.14. The number of rotatable bonds is 3. The summed E-state index contributed by atoms with van der Waals surface area (Å²) in [7, 11) is 0. The summed E-state index contributed by atoms with van der Waals surface area (Å²) in [5.74, 6) is 0.309. The molecule has 164 valence electrons. The van der Waals surface area contributed by atoms with Gasteiger partial charge in [0.15, 0.2) is 0 Å². The van der Waals surface area contributed by atoms with Crippen molar-refractivity contribution in [1.29, 1.82) is 0 Å². The normalized spacial score (nSPS) is 21.3. The first kappa shape index (κ1) is 21.9. The smallest absolute Gasteiger partial charge is 0.306 e. The molecule has 1 unspecified atom stereocenters. The van der Waals surface area contributed by atoms with Crippen molar-refractivity contribution in [2.75, 3.05) is 12.3 Å². The summed E-state index contributed by atoms with van der Waals surface area (Å²) in [6, 6.07) is 8.31. The van der Waals surface area contributed by atoms with Gasteiger partial charge in [-0.05, 0) is 92.7 Å². The standard InChI is InChI=1S/C26H31ClN2O2/c1-2-31-24(30)13-17-5-3-4-6-18(8-7-17)25-23-12-11-21(27)14-19(23)9-10-20-15-22(28)16-29-26(20)25/h11-12,14-17H,2-10,13,28H2,1H3/b25-18-. The van der Waals surface area contributed by atoms with E-state index in [1.165, 1.54) is 27.8 Å². The molecule has 0 spiro atoms. The van der Waals surface area contributed by atoms with E-state index in [4.69, 9.17) is 27.1 Å². The van der Waals surface area contributed by atoms with Gasteiger partial charge in [-0.2, -0.15) is 0 Å². The van der Waals surface area contributed by atoms with Gasteiger partial charge in [-0.3, -0.25) is 9.78 Å². The number of esters is 1. The Labute approximate surface area is 189 Å². The van der Waals surface area contributed by atoms with Crippen LogP contribution in [0.1, 0.15) is 74.3 Å². The molecule has 5 heteroatoms. The Morgan fingerprint density at radius 2 is 1.97 bits per heavy atom. The van der Waals surface area contributed by atoms with E-state index in [9.17, 15) is 4.79 Å². The fourth-order valence-corrected chi connectivity index (χ4v) is 5.24. The van der Waals surface area contributed by atoms with Gasteiger partial charge in [0.1, 0.15) is 0 Å². The molecule has 0 radical (unpaired) electrons. The number of nitrogens with zero attached hydrogens (tertiary/aromatic N) is 1. The molecule has 2 aromatic rings. The molecule has 4 rings (SSSR count). The Kier molecular flexibility index (Phi) is 6.96. The lowest BCUT2D eigenvalue weighted by molar-refractivity contribution is -0.144. The molecular weight excluding hydrogens is 408 g/mol. The number of nitrogens with two attached hydrogens (primary N) is 1. The number of allylic oxidation sites excluding steroid dienone is 1. The van der Waals surface area contributed by atoms with Crippen LogP contribution in [0.3, 0.4) is 0 Å². The van der Waals surface area contributed by atoms with Crippen LogP contribution >= 0.6 is 11.6 Å². The molecule has 1 aromatic carbocycles. The molecule has 0 amide bonds. The molecule has 0 aliphatic heterocycles. The van der Waals surface area contributed by atoms with Crippen molar-refractivity contribution in [3.05, 3.63) is 63.4 Å². The van der Waals surface area contributed by atoms with Crippen molar-refractivity contribution in [3.8, 4) is 0 Å². The van der Waals surface area contributed by atoms with Gasteiger partial charge in [0.25, 0.3) is 0 Å². The van der Waals surface area contributed by atoms with Crippen molar-refractivity contribution in [3.63, 3.8) is 0 Å². The molecule has 1 fully saturated rings. The van der Waals surface area contributed by atoms with Gasteiger partial charge >= 0.3 is 5.97 Å². The fourth-order valence-electron chi connectivity index (χ4n) is 5.04. The number of carbonyl (C=O) groups excluding carboxylic acids is 1. The highest BCUT2D eigenvalue weighted by Gasteiger charge is 2.25. The molecule has 4 nitrogen and oxygen atoms in total. The summed E-state index contributed by atoms with van der Waals surface area (Å²) in [5, 5.41) is 0.772. The maximum atomic E-state index is 12.1. The number of aryl methyl sites for hydroxylation is 2. The van der Waals surface area contributed by atoms with Crippen molar-refractivity contribution in [2.24, 2.45) is 5.92 Å². The minimum atomic E-state index is -0.0702. The summed E-state index contributed by atoms with van der Waals surface area (Å²) in [4.78, 5) is 16.9. The number of hydrogen-bond donors (Lipinski definition) is 1. The number of hydrogen-bond acceptors (Lipinski definition) is 4. The predicted octanol–water partition coefficient (Wildman–Crippen LogP) is 6.14. The Bertz CT molecular complexity index is 943.